The average Bonchev–Trinajstić information content (AvgIpc) is 2.39. The molecule has 1 aliphatic carbocycles. The summed E-state index contributed by atoms with van der Waals surface area (Å²) in [4.78, 5) is 12.0. The molecule has 0 radical (unpaired) electrons. The lowest BCUT2D eigenvalue weighted by Crippen LogP contribution is -2.47. The van der Waals surface area contributed by atoms with Gasteiger partial charge < -0.3 is 10.6 Å². The van der Waals surface area contributed by atoms with E-state index in [0.29, 0.717) is 0 Å². The number of rotatable bonds is 6. The molecule has 0 aliphatic heterocycles. The molecule has 1 fully saturated rings. The molecule has 1 atom stereocenters. The third-order valence-electron chi connectivity index (χ3n) is 4.33. The fourth-order valence-electron chi connectivity index (χ4n) is 2.80. The summed E-state index contributed by atoms with van der Waals surface area (Å²) >= 11 is 3.47. The van der Waals surface area contributed by atoms with Gasteiger partial charge in [-0.25, -0.2) is 0 Å². The van der Waals surface area contributed by atoms with Crippen LogP contribution in [0, 0.1) is 5.92 Å². The van der Waals surface area contributed by atoms with E-state index in [0.717, 1.165) is 30.4 Å². The number of hydrogen-bond donors (Lipinski definition) is 2. The van der Waals surface area contributed by atoms with Gasteiger partial charge in [-0.15, -0.1) is 0 Å². The molecule has 0 heterocycles. The van der Waals surface area contributed by atoms with Crippen LogP contribution < -0.4 is 10.6 Å². The van der Waals surface area contributed by atoms with Gasteiger partial charge in [0.25, 0.3) is 0 Å². The summed E-state index contributed by atoms with van der Waals surface area (Å²) in [6, 6.07) is 8.51. The molecule has 1 aromatic rings. The highest BCUT2D eigenvalue weighted by Crippen LogP contribution is 2.43. The second kappa shape index (κ2) is 6.72. The summed E-state index contributed by atoms with van der Waals surface area (Å²) in [6.07, 6.45) is 3.57. The van der Waals surface area contributed by atoms with Gasteiger partial charge in [-0.05, 0) is 37.6 Å². The van der Waals surface area contributed by atoms with Crippen molar-refractivity contribution in [1.82, 2.24) is 10.6 Å². The van der Waals surface area contributed by atoms with Crippen LogP contribution in [0.4, 0.5) is 0 Å². The third kappa shape index (κ3) is 3.41. The Hall–Kier alpha value is -0.870. The monoisotopic (exact) mass is 338 g/mol. The van der Waals surface area contributed by atoms with Gasteiger partial charge in [-0.3, -0.25) is 4.79 Å². The van der Waals surface area contributed by atoms with Crippen molar-refractivity contribution in [3.05, 3.63) is 34.3 Å². The van der Waals surface area contributed by atoms with Crippen molar-refractivity contribution in [3.63, 3.8) is 0 Å². The van der Waals surface area contributed by atoms with E-state index >= 15 is 0 Å². The van der Waals surface area contributed by atoms with Gasteiger partial charge in [-0.2, -0.15) is 0 Å². The Kier molecular flexibility index (Phi) is 5.22. The van der Waals surface area contributed by atoms with E-state index in [1.165, 1.54) is 12.0 Å². The molecule has 3 nitrogen and oxygen atoms in total. The molecule has 110 valence electrons. The maximum absolute atomic E-state index is 12.0. The third-order valence-corrected chi connectivity index (χ3v) is 4.85. The normalized spacial score (nSPS) is 18.1. The smallest absolute Gasteiger partial charge is 0.224 e. The molecule has 4 heteroatoms. The topological polar surface area (TPSA) is 41.1 Å². The molecule has 2 rings (SSSR count). The summed E-state index contributed by atoms with van der Waals surface area (Å²) in [5.41, 5.74) is 1.49. The van der Waals surface area contributed by atoms with Crippen LogP contribution in [-0.4, -0.2) is 26.0 Å². The molecular formula is C16H23BrN2O. The van der Waals surface area contributed by atoms with Crippen LogP contribution in [0.15, 0.2) is 28.7 Å². The fraction of sp³-hybridized carbons (Fsp3) is 0.562. The van der Waals surface area contributed by atoms with E-state index in [1.807, 2.05) is 14.0 Å². The average molecular weight is 339 g/mol. The van der Waals surface area contributed by atoms with Gasteiger partial charge in [0.2, 0.25) is 5.91 Å². The Morgan fingerprint density at radius 1 is 1.35 bits per heavy atom. The number of amides is 1. The van der Waals surface area contributed by atoms with Crippen molar-refractivity contribution >= 4 is 21.8 Å². The van der Waals surface area contributed by atoms with E-state index < -0.39 is 0 Å². The molecular weight excluding hydrogens is 316 g/mol. The number of benzene rings is 1. The van der Waals surface area contributed by atoms with Crippen LogP contribution in [0.3, 0.4) is 0 Å². The zero-order valence-electron chi connectivity index (χ0n) is 12.2. The number of carbonyl (C=O) groups excluding carboxylic acids is 1. The molecule has 1 amide bonds. The highest BCUT2D eigenvalue weighted by molar-refractivity contribution is 9.10. The summed E-state index contributed by atoms with van der Waals surface area (Å²) < 4.78 is 1.10. The molecule has 0 saturated heterocycles. The Labute approximate surface area is 129 Å². The van der Waals surface area contributed by atoms with E-state index in [-0.39, 0.29) is 17.2 Å². The van der Waals surface area contributed by atoms with Crippen LogP contribution >= 0.6 is 15.9 Å². The predicted molar refractivity (Wildman–Crippen MR) is 85.8 cm³/mol. The maximum atomic E-state index is 12.0. The summed E-state index contributed by atoms with van der Waals surface area (Å²) in [5.74, 6) is 0.157. The summed E-state index contributed by atoms with van der Waals surface area (Å²) in [7, 11) is 1.87. The second-order valence-corrected chi connectivity index (χ2v) is 6.73. The summed E-state index contributed by atoms with van der Waals surface area (Å²) in [5, 5.41) is 6.18. The van der Waals surface area contributed by atoms with Crippen LogP contribution in [0.1, 0.15) is 31.7 Å². The zero-order chi connectivity index (χ0) is 14.6. The number of hydrogen-bond acceptors (Lipinski definition) is 2. The van der Waals surface area contributed by atoms with Gasteiger partial charge in [-0.1, -0.05) is 41.4 Å². The first-order valence-electron chi connectivity index (χ1n) is 7.26. The van der Waals surface area contributed by atoms with Crippen LogP contribution in [0.25, 0.3) is 0 Å². The maximum Gasteiger partial charge on any atom is 0.224 e. The van der Waals surface area contributed by atoms with Crippen molar-refractivity contribution in [3.8, 4) is 0 Å². The van der Waals surface area contributed by atoms with Crippen LogP contribution in [0.5, 0.6) is 0 Å². The quantitative estimate of drug-likeness (QED) is 0.837. The Bertz CT molecular complexity index is 454. The minimum atomic E-state index is 0.0158. The van der Waals surface area contributed by atoms with Gasteiger partial charge in [0, 0.05) is 28.9 Å². The molecule has 1 unspecified atom stereocenters. The van der Waals surface area contributed by atoms with Gasteiger partial charge >= 0.3 is 0 Å². The molecule has 1 aromatic carbocycles. The predicted octanol–water partition coefficient (Wildman–Crippen LogP) is 2.84. The molecule has 0 aromatic heterocycles. The van der Waals surface area contributed by atoms with Crippen LogP contribution in [0.2, 0.25) is 0 Å². The lowest BCUT2D eigenvalue weighted by molar-refractivity contribution is -0.124. The lowest BCUT2D eigenvalue weighted by Gasteiger charge is -2.43. The molecule has 1 saturated carbocycles. The lowest BCUT2D eigenvalue weighted by atomic mass is 9.64. The first-order chi connectivity index (χ1) is 9.57. The fourth-order valence-corrected chi connectivity index (χ4v) is 3.07. The highest BCUT2D eigenvalue weighted by atomic mass is 79.9. The SMILES string of the molecule is CNCC(C)C(=O)NCC1(c2ccc(Br)cc2)CCC1. The molecule has 0 spiro atoms. The first kappa shape index (κ1) is 15.5. The first-order valence-corrected chi connectivity index (χ1v) is 8.05. The van der Waals surface area contributed by atoms with E-state index in [2.05, 4.69) is 50.8 Å². The van der Waals surface area contributed by atoms with E-state index in [1.54, 1.807) is 0 Å². The minimum Gasteiger partial charge on any atom is -0.355 e. The molecule has 20 heavy (non-hydrogen) atoms. The van der Waals surface area contributed by atoms with Crippen molar-refractivity contribution < 1.29 is 4.79 Å². The van der Waals surface area contributed by atoms with E-state index in [4.69, 9.17) is 0 Å². The summed E-state index contributed by atoms with van der Waals surface area (Å²) in [6.45, 7) is 3.43. The number of halogens is 1. The largest absolute Gasteiger partial charge is 0.355 e. The number of carbonyl (C=O) groups is 1. The van der Waals surface area contributed by atoms with Gasteiger partial charge in [0.05, 0.1) is 0 Å². The Morgan fingerprint density at radius 2 is 2.00 bits per heavy atom. The zero-order valence-corrected chi connectivity index (χ0v) is 13.8. The Morgan fingerprint density at radius 3 is 2.50 bits per heavy atom. The van der Waals surface area contributed by atoms with Crippen molar-refractivity contribution in [2.75, 3.05) is 20.1 Å². The highest BCUT2D eigenvalue weighted by Gasteiger charge is 2.38. The molecule has 2 N–H and O–H groups in total. The second-order valence-electron chi connectivity index (χ2n) is 5.82. The minimum absolute atomic E-state index is 0.0158. The van der Waals surface area contributed by atoms with Crippen molar-refractivity contribution in [2.24, 2.45) is 5.92 Å². The molecule has 1 aliphatic rings. The Balaban J connectivity index is 1.98. The van der Waals surface area contributed by atoms with Gasteiger partial charge in [0.1, 0.15) is 0 Å². The van der Waals surface area contributed by atoms with Gasteiger partial charge in [0.15, 0.2) is 0 Å². The molecule has 0 bridgehead atoms. The van der Waals surface area contributed by atoms with Crippen molar-refractivity contribution in [1.29, 1.82) is 0 Å². The van der Waals surface area contributed by atoms with Crippen LogP contribution in [-0.2, 0) is 10.2 Å². The standard InChI is InChI=1S/C16H23BrN2O/c1-12(10-18-2)15(20)19-11-16(8-3-9-16)13-4-6-14(17)7-5-13/h4-7,12,18H,3,8-11H2,1-2H3,(H,19,20). The van der Waals surface area contributed by atoms with E-state index in [9.17, 15) is 4.79 Å². The number of nitrogens with one attached hydrogen (secondary N) is 2. The van der Waals surface area contributed by atoms with Crippen molar-refractivity contribution in [2.45, 2.75) is 31.6 Å².